The van der Waals surface area contributed by atoms with Crippen LogP contribution in [0.3, 0.4) is 0 Å². The van der Waals surface area contributed by atoms with Crippen molar-refractivity contribution in [1.82, 2.24) is 10.3 Å². The van der Waals surface area contributed by atoms with Gasteiger partial charge in [-0.25, -0.2) is 9.37 Å². The molecule has 0 bridgehead atoms. The lowest BCUT2D eigenvalue weighted by atomic mass is 10.1. The molecule has 0 saturated heterocycles. The highest BCUT2D eigenvalue weighted by atomic mass is 32.2. The standard InChI is InChI=1S/C15H17FN2S/c1-10-8-14(19-15-6-4-5-7-18-15)12(9-13(10)16)11(2)17-3/h4-9,11,17H,1-3H3. The van der Waals surface area contributed by atoms with Crippen molar-refractivity contribution in [1.29, 1.82) is 0 Å². The molecule has 0 aliphatic carbocycles. The molecular formula is C15H17FN2S. The van der Waals surface area contributed by atoms with Gasteiger partial charge in [0.25, 0.3) is 0 Å². The molecule has 0 saturated carbocycles. The number of hydrogen-bond acceptors (Lipinski definition) is 3. The molecule has 2 rings (SSSR count). The molecule has 1 heterocycles. The van der Waals surface area contributed by atoms with Crippen LogP contribution in [0.4, 0.5) is 4.39 Å². The number of aromatic nitrogens is 1. The molecule has 0 fully saturated rings. The van der Waals surface area contributed by atoms with Crippen LogP contribution >= 0.6 is 11.8 Å². The minimum Gasteiger partial charge on any atom is -0.313 e. The molecule has 4 heteroatoms. The summed E-state index contributed by atoms with van der Waals surface area (Å²) in [6, 6.07) is 9.39. The van der Waals surface area contributed by atoms with Crippen LogP contribution in [0.25, 0.3) is 0 Å². The Morgan fingerprint density at radius 2 is 2.11 bits per heavy atom. The topological polar surface area (TPSA) is 24.9 Å². The highest BCUT2D eigenvalue weighted by Gasteiger charge is 2.13. The third kappa shape index (κ3) is 3.33. The molecule has 0 radical (unpaired) electrons. The Balaban J connectivity index is 2.40. The third-order valence-electron chi connectivity index (χ3n) is 3.04. The van der Waals surface area contributed by atoms with Gasteiger partial charge in [0, 0.05) is 17.1 Å². The van der Waals surface area contributed by atoms with Crippen LogP contribution in [0.2, 0.25) is 0 Å². The van der Waals surface area contributed by atoms with Crippen molar-refractivity contribution in [2.24, 2.45) is 0 Å². The summed E-state index contributed by atoms with van der Waals surface area (Å²) in [7, 11) is 1.87. The average molecular weight is 276 g/mol. The zero-order valence-electron chi connectivity index (χ0n) is 11.3. The lowest BCUT2D eigenvalue weighted by Gasteiger charge is -2.16. The Morgan fingerprint density at radius 1 is 1.32 bits per heavy atom. The van der Waals surface area contributed by atoms with Gasteiger partial charge in [-0.2, -0.15) is 0 Å². The molecule has 0 aliphatic heterocycles. The summed E-state index contributed by atoms with van der Waals surface area (Å²) in [6.45, 7) is 3.80. The van der Waals surface area contributed by atoms with Gasteiger partial charge in [-0.3, -0.25) is 0 Å². The zero-order chi connectivity index (χ0) is 13.8. The van der Waals surface area contributed by atoms with Crippen molar-refractivity contribution >= 4 is 11.8 Å². The second-order valence-corrected chi connectivity index (χ2v) is 5.48. The molecule has 1 unspecified atom stereocenters. The molecule has 1 aromatic heterocycles. The van der Waals surface area contributed by atoms with Gasteiger partial charge in [-0.15, -0.1) is 0 Å². The summed E-state index contributed by atoms with van der Waals surface area (Å²) in [6.07, 6.45) is 1.76. The Morgan fingerprint density at radius 3 is 2.74 bits per heavy atom. The number of rotatable bonds is 4. The van der Waals surface area contributed by atoms with Crippen LogP contribution in [0.5, 0.6) is 0 Å². The lowest BCUT2D eigenvalue weighted by Crippen LogP contribution is -2.13. The molecule has 2 nitrogen and oxygen atoms in total. The average Bonchev–Trinajstić information content (AvgIpc) is 2.43. The number of pyridine rings is 1. The maximum atomic E-state index is 13.7. The summed E-state index contributed by atoms with van der Waals surface area (Å²) < 4.78 is 13.7. The van der Waals surface area contributed by atoms with Gasteiger partial charge in [0.05, 0.1) is 0 Å². The zero-order valence-corrected chi connectivity index (χ0v) is 12.1. The first-order chi connectivity index (χ1) is 9.11. The quantitative estimate of drug-likeness (QED) is 0.915. The van der Waals surface area contributed by atoms with E-state index in [0.717, 1.165) is 15.5 Å². The monoisotopic (exact) mass is 276 g/mol. The van der Waals surface area contributed by atoms with Gasteiger partial charge in [0.1, 0.15) is 10.8 Å². The Kier molecular flexibility index (Phi) is 4.56. The summed E-state index contributed by atoms with van der Waals surface area (Å²) in [4.78, 5) is 5.34. The first-order valence-electron chi connectivity index (χ1n) is 6.18. The van der Waals surface area contributed by atoms with Gasteiger partial charge in [0.15, 0.2) is 0 Å². The fourth-order valence-corrected chi connectivity index (χ4v) is 2.85. The fraction of sp³-hybridized carbons (Fsp3) is 0.267. The number of aryl methyl sites for hydroxylation is 1. The molecule has 2 aromatic rings. The maximum Gasteiger partial charge on any atom is 0.126 e. The van der Waals surface area contributed by atoms with E-state index in [4.69, 9.17) is 0 Å². The summed E-state index contributed by atoms with van der Waals surface area (Å²) >= 11 is 1.56. The van der Waals surface area contributed by atoms with E-state index in [1.165, 1.54) is 0 Å². The van der Waals surface area contributed by atoms with Crippen LogP contribution in [0, 0.1) is 12.7 Å². The van der Waals surface area contributed by atoms with E-state index < -0.39 is 0 Å². The maximum absolute atomic E-state index is 13.7. The predicted octanol–water partition coefficient (Wildman–Crippen LogP) is 3.96. The van der Waals surface area contributed by atoms with E-state index in [9.17, 15) is 4.39 Å². The number of halogens is 1. The highest BCUT2D eigenvalue weighted by Crippen LogP contribution is 2.33. The predicted molar refractivity (Wildman–Crippen MR) is 77.0 cm³/mol. The van der Waals surface area contributed by atoms with E-state index in [1.807, 2.05) is 38.2 Å². The van der Waals surface area contributed by atoms with Crippen molar-refractivity contribution in [2.45, 2.75) is 29.8 Å². The van der Waals surface area contributed by atoms with Crippen LogP contribution in [-0.4, -0.2) is 12.0 Å². The van der Waals surface area contributed by atoms with Crippen molar-refractivity contribution < 1.29 is 4.39 Å². The first-order valence-corrected chi connectivity index (χ1v) is 6.99. The second-order valence-electron chi connectivity index (χ2n) is 4.42. The molecule has 1 N–H and O–H groups in total. The van der Waals surface area contributed by atoms with Crippen LogP contribution in [0.1, 0.15) is 24.1 Å². The van der Waals surface area contributed by atoms with E-state index in [2.05, 4.69) is 10.3 Å². The van der Waals surface area contributed by atoms with Crippen molar-refractivity contribution in [2.75, 3.05) is 7.05 Å². The smallest absolute Gasteiger partial charge is 0.126 e. The largest absolute Gasteiger partial charge is 0.313 e. The molecule has 19 heavy (non-hydrogen) atoms. The van der Waals surface area contributed by atoms with Crippen LogP contribution < -0.4 is 5.32 Å². The molecule has 0 aliphatic rings. The van der Waals surface area contributed by atoms with E-state index in [0.29, 0.717) is 5.56 Å². The SMILES string of the molecule is CNC(C)c1cc(F)c(C)cc1Sc1ccccn1. The van der Waals surface area contributed by atoms with E-state index >= 15 is 0 Å². The Bertz CT molecular complexity index is 558. The summed E-state index contributed by atoms with van der Waals surface area (Å²) in [5, 5.41) is 4.07. The van der Waals surface area contributed by atoms with Crippen LogP contribution in [-0.2, 0) is 0 Å². The normalized spacial score (nSPS) is 12.4. The molecule has 100 valence electrons. The lowest BCUT2D eigenvalue weighted by molar-refractivity contribution is 0.594. The van der Waals surface area contributed by atoms with E-state index in [-0.39, 0.29) is 11.9 Å². The molecule has 0 spiro atoms. The number of hydrogen-bond donors (Lipinski definition) is 1. The van der Waals surface area contributed by atoms with Gasteiger partial charge >= 0.3 is 0 Å². The van der Waals surface area contributed by atoms with Crippen LogP contribution in [0.15, 0.2) is 46.5 Å². The molecular weight excluding hydrogens is 259 g/mol. The van der Waals surface area contributed by atoms with Gasteiger partial charge in [-0.05, 0) is 56.3 Å². The van der Waals surface area contributed by atoms with Gasteiger partial charge in [-0.1, -0.05) is 17.8 Å². The fourth-order valence-electron chi connectivity index (χ4n) is 1.77. The summed E-state index contributed by atoms with van der Waals surface area (Å²) in [5.74, 6) is -0.164. The highest BCUT2D eigenvalue weighted by molar-refractivity contribution is 7.99. The molecule has 1 aromatic carbocycles. The first kappa shape index (κ1) is 14.0. The van der Waals surface area contributed by atoms with Crippen molar-refractivity contribution in [3.05, 3.63) is 53.5 Å². The third-order valence-corrected chi connectivity index (χ3v) is 4.07. The molecule has 0 amide bonds. The minimum absolute atomic E-state index is 0.0984. The Hall–Kier alpha value is -1.39. The van der Waals surface area contributed by atoms with Gasteiger partial charge < -0.3 is 5.32 Å². The summed E-state index contributed by atoms with van der Waals surface area (Å²) in [5.41, 5.74) is 1.62. The molecule has 1 atom stereocenters. The second kappa shape index (κ2) is 6.17. The van der Waals surface area contributed by atoms with E-state index in [1.54, 1.807) is 30.9 Å². The number of nitrogens with zero attached hydrogens (tertiary/aromatic N) is 1. The van der Waals surface area contributed by atoms with Crippen molar-refractivity contribution in [3.63, 3.8) is 0 Å². The van der Waals surface area contributed by atoms with Crippen molar-refractivity contribution in [3.8, 4) is 0 Å². The Labute approximate surface area is 117 Å². The van der Waals surface area contributed by atoms with Gasteiger partial charge in [0.2, 0.25) is 0 Å². The number of nitrogens with one attached hydrogen (secondary N) is 1. The number of benzene rings is 1. The minimum atomic E-state index is -0.164.